The standard InChI is InChI=1S/C9H14N4O4/c1-6(14)10-2-3-11-7(15)5-13-8(16)4-12-9(13)17/h2-5H2,1H3,(H,10,14)(H,11,15)(H,12,17). The number of carbonyl (C=O) groups is 4. The van der Waals surface area contributed by atoms with Crippen LogP contribution in [0.2, 0.25) is 0 Å². The van der Waals surface area contributed by atoms with Gasteiger partial charge in [-0.2, -0.15) is 0 Å². The van der Waals surface area contributed by atoms with E-state index >= 15 is 0 Å². The minimum absolute atomic E-state index is 0.0714. The Balaban J connectivity index is 2.23. The number of amides is 5. The quantitative estimate of drug-likeness (QED) is 0.375. The molecule has 8 heteroatoms. The second-order valence-corrected chi connectivity index (χ2v) is 3.47. The van der Waals surface area contributed by atoms with Crippen molar-refractivity contribution < 1.29 is 19.2 Å². The first kappa shape index (κ1) is 12.9. The van der Waals surface area contributed by atoms with Gasteiger partial charge in [0, 0.05) is 20.0 Å². The topological polar surface area (TPSA) is 108 Å². The Morgan fingerprint density at radius 2 is 1.94 bits per heavy atom. The largest absolute Gasteiger partial charge is 0.355 e. The molecule has 0 atom stereocenters. The maximum Gasteiger partial charge on any atom is 0.325 e. The third-order valence-electron chi connectivity index (χ3n) is 2.06. The van der Waals surface area contributed by atoms with Gasteiger partial charge in [-0.25, -0.2) is 4.79 Å². The van der Waals surface area contributed by atoms with Gasteiger partial charge in [-0.15, -0.1) is 0 Å². The van der Waals surface area contributed by atoms with Crippen LogP contribution >= 0.6 is 0 Å². The summed E-state index contributed by atoms with van der Waals surface area (Å²) in [6, 6.07) is -0.563. The lowest BCUT2D eigenvalue weighted by molar-refractivity contribution is -0.130. The van der Waals surface area contributed by atoms with Gasteiger partial charge in [-0.05, 0) is 0 Å². The zero-order valence-electron chi connectivity index (χ0n) is 9.41. The minimum Gasteiger partial charge on any atom is -0.355 e. The second kappa shape index (κ2) is 5.83. The highest BCUT2D eigenvalue weighted by Crippen LogP contribution is 1.97. The summed E-state index contributed by atoms with van der Waals surface area (Å²) in [6.45, 7) is 1.56. The zero-order chi connectivity index (χ0) is 12.8. The molecule has 1 heterocycles. The maximum absolute atomic E-state index is 11.3. The average Bonchev–Trinajstić information content (AvgIpc) is 2.56. The number of carbonyl (C=O) groups excluding carboxylic acids is 4. The first-order valence-corrected chi connectivity index (χ1v) is 5.10. The Labute approximate surface area is 97.7 Å². The van der Waals surface area contributed by atoms with Crippen LogP contribution < -0.4 is 16.0 Å². The molecule has 0 bridgehead atoms. The van der Waals surface area contributed by atoms with Crippen molar-refractivity contribution in [2.24, 2.45) is 0 Å². The molecule has 1 saturated heterocycles. The van der Waals surface area contributed by atoms with Crippen molar-refractivity contribution in [2.75, 3.05) is 26.2 Å². The number of urea groups is 1. The number of imide groups is 1. The monoisotopic (exact) mass is 242 g/mol. The molecule has 0 aromatic rings. The van der Waals surface area contributed by atoms with Crippen LogP contribution in [0.15, 0.2) is 0 Å². The lowest BCUT2D eigenvalue weighted by Crippen LogP contribution is -2.42. The van der Waals surface area contributed by atoms with Gasteiger partial charge in [0.1, 0.15) is 6.54 Å². The van der Waals surface area contributed by atoms with E-state index in [4.69, 9.17) is 0 Å². The molecule has 1 rings (SSSR count). The number of nitrogens with zero attached hydrogens (tertiary/aromatic N) is 1. The Bertz CT molecular complexity index is 339. The van der Waals surface area contributed by atoms with Gasteiger partial charge < -0.3 is 16.0 Å². The van der Waals surface area contributed by atoms with Gasteiger partial charge in [-0.1, -0.05) is 0 Å². The number of hydrogen-bond acceptors (Lipinski definition) is 4. The van der Waals surface area contributed by atoms with Crippen molar-refractivity contribution in [1.82, 2.24) is 20.9 Å². The van der Waals surface area contributed by atoms with Gasteiger partial charge in [0.15, 0.2) is 0 Å². The predicted octanol–water partition coefficient (Wildman–Crippen LogP) is -2.21. The van der Waals surface area contributed by atoms with E-state index in [1.165, 1.54) is 6.92 Å². The van der Waals surface area contributed by atoms with Gasteiger partial charge in [0.05, 0.1) is 6.54 Å². The van der Waals surface area contributed by atoms with E-state index < -0.39 is 17.8 Å². The van der Waals surface area contributed by atoms with Crippen LogP contribution in [0.5, 0.6) is 0 Å². The first-order chi connectivity index (χ1) is 8.00. The normalized spacial score (nSPS) is 14.5. The second-order valence-electron chi connectivity index (χ2n) is 3.47. The van der Waals surface area contributed by atoms with Crippen LogP contribution in [0.4, 0.5) is 4.79 Å². The molecule has 3 N–H and O–H groups in total. The number of nitrogens with one attached hydrogen (secondary N) is 3. The van der Waals surface area contributed by atoms with Gasteiger partial charge in [0.2, 0.25) is 11.8 Å². The summed E-state index contributed by atoms with van der Waals surface area (Å²) >= 11 is 0. The Morgan fingerprint density at radius 1 is 1.29 bits per heavy atom. The third kappa shape index (κ3) is 4.09. The van der Waals surface area contributed by atoms with Crippen LogP contribution in [0.1, 0.15) is 6.92 Å². The average molecular weight is 242 g/mol. The van der Waals surface area contributed by atoms with E-state index in [1.807, 2.05) is 0 Å². The van der Waals surface area contributed by atoms with Crippen LogP contribution in [-0.2, 0) is 14.4 Å². The highest BCUT2D eigenvalue weighted by Gasteiger charge is 2.29. The predicted molar refractivity (Wildman–Crippen MR) is 56.8 cm³/mol. The molecule has 17 heavy (non-hydrogen) atoms. The molecule has 94 valence electrons. The van der Waals surface area contributed by atoms with Crippen molar-refractivity contribution in [3.63, 3.8) is 0 Å². The van der Waals surface area contributed by atoms with Crippen molar-refractivity contribution in [3.05, 3.63) is 0 Å². The Kier molecular flexibility index (Phi) is 4.44. The molecule has 1 aliphatic heterocycles. The highest BCUT2D eigenvalue weighted by atomic mass is 16.2. The molecular weight excluding hydrogens is 228 g/mol. The smallest absolute Gasteiger partial charge is 0.325 e. The highest BCUT2D eigenvalue weighted by molar-refractivity contribution is 6.04. The lowest BCUT2D eigenvalue weighted by atomic mass is 10.4. The molecule has 8 nitrogen and oxygen atoms in total. The fraction of sp³-hybridized carbons (Fsp3) is 0.556. The lowest BCUT2D eigenvalue weighted by Gasteiger charge is -2.12. The molecule has 0 unspecified atom stereocenters. The molecule has 0 radical (unpaired) electrons. The summed E-state index contributed by atoms with van der Waals surface area (Å²) in [5.74, 6) is -1.05. The molecular formula is C9H14N4O4. The maximum atomic E-state index is 11.3. The summed E-state index contributed by atoms with van der Waals surface area (Å²) in [7, 11) is 0. The van der Waals surface area contributed by atoms with Gasteiger partial charge in [-0.3, -0.25) is 19.3 Å². The molecule has 0 aromatic carbocycles. The minimum atomic E-state index is -0.563. The summed E-state index contributed by atoms with van der Waals surface area (Å²) < 4.78 is 0. The SMILES string of the molecule is CC(=O)NCCNC(=O)CN1C(=O)CNC1=O. The fourth-order valence-electron chi connectivity index (χ4n) is 1.26. The van der Waals surface area contributed by atoms with E-state index in [0.717, 1.165) is 4.90 Å². The van der Waals surface area contributed by atoms with Crippen LogP contribution in [-0.4, -0.2) is 54.8 Å². The Hall–Kier alpha value is -2.12. The fourth-order valence-corrected chi connectivity index (χ4v) is 1.26. The molecule has 1 aliphatic rings. The summed E-state index contributed by atoms with van der Waals surface area (Å²) in [5, 5.41) is 7.28. The number of rotatable bonds is 5. The molecule has 0 aromatic heterocycles. The van der Waals surface area contributed by atoms with Crippen LogP contribution in [0.3, 0.4) is 0 Å². The van der Waals surface area contributed by atoms with E-state index in [0.29, 0.717) is 6.54 Å². The third-order valence-corrected chi connectivity index (χ3v) is 2.06. The zero-order valence-corrected chi connectivity index (χ0v) is 9.41. The summed E-state index contributed by atoms with van der Waals surface area (Å²) in [5.41, 5.74) is 0. The van der Waals surface area contributed by atoms with Crippen molar-refractivity contribution >= 4 is 23.8 Å². The molecule has 0 spiro atoms. The molecule has 1 fully saturated rings. The molecule has 0 saturated carbocycles. The molecule has 0 aliphatic carbocycles. The van der Waals surface area contributed by atoms with Crippen LogP contribution in [0.25, 0.3) is 0 Å². The van der Waals surface area contributed by atoms with E-state index in [-0.39, 0.29) is 25.5 Å². The van der Waals surface area contributed by atoms with Crippen molar-refractivity contribution in [3.8, 4) is 0 Å². The Morgan fingerprint density at radius 3 is 2.47 bits per heavy atom. The van der Waals surface area contributed by atoms with Crippen molar-refractivity contribution in [2.45, 2.75) is 6.92 Å². The van der Waals surface area contributed by atoms with E-state index in [9.17, 15) is 19.2 Å². The first-order valence-electron chi connectivity index (χ1n) is 5.10. The summed E-state index contributed by atoms with van der Waals surface area (Å²) in [6.07, 6.45) is 0. The molecule has 5 amide bonds. The van der Waals surface area contributed by atoms with E-state index in [1.54, 1.807) is 0 Å². The van der Waals surface area contributed by atoms with Gasteiger partial charge >= 0.3 is 6.03 Å². The summed E-state index contributed by atoms with van der Waals surface area (Å²) in [4.78, 5) is 44.9. The number of hydrogen-bond donors (Lipinski definition) is 3. The van der Waals surface area contributed by atoms with Crippen molar-refractivity contribution in [1.29, 1.82) is 0 Å². The van der Waals surface area contributed by atoms with E-state index in [2.05, 4.69) is 16.0 Å². The van der Waals surface area contributed by atoms with Crippen LogP contribution in [0, 0.1) is 0 Å². The van der Waals surface area contributed by atoms with Gasteiger partial charge in [0.25, 0.3) is 5.91 Å².